The summed E-state index contributed by atoms with van der Waals surface area (Å²) in [5, 5.41) is 0.765. The minimum Gasteiger partial charge on any atom is -0.323 e. The summed E-state index contributed by atoms with van der Waals surface area (Å²) >= 11 is 5.99. The van der Waals surface area contributed by atoms with Gasteiger partial charge in [0, 0.05) is 16.5 Å². The van der Waals surface area contributed by atoms with Gasteiger partial charge in [0.2, 0.25) is 0 Å². The molecular weight excluding hydrogens is 266 g/mol. The van der Waals surface area contributed by atoms with Crippen LogP contribution in [0.3, 0.4) is 0 Å². The van der Waals surface area contributed by atoms with Gasteiger partial charge in [0.1, 0.15) is 0 Å². The second-order valence-electron chi connectivity index (χ2n) is 5.76. The summed E-state index contributed by atoms with van der Waals surface area (Å²) in [6, 6.07) is 18.8. The second kappa shape index (κ2) is 5.59. The van der Waals surface area contributed by atoms with Crippen molar-refractivity contribution in [3.63, 3.8) is 0 Å². The van der Waals surface area contributed by atoms with E-state index >= 15 is 0 Å². The maximum atomic E-state index is 6.67. The Kier molecular flexibility index (Phi) is 3.82. The first-order valence-corrected chi connectivity index (χ1v) is 7.67. The second-order valence-corrected chi connectivity index (χ2v) is 6.19. The van der Waals surface area contributed by atoms with Gasteiger partial charge in [-0.05, 0) is 36.1 Å². The Bertz CT molecular complexity index is 556. The van der Waals surface area contributed by atoms with Gasteiger partial charge < -0.3 is 5.73 Å². The monoisotopic (exact) mass is 285 g/mol. The average molecular weight is 286 g/mol. The molecule has 0 aromatic heterocycles. The highest BCUT2D eigenvalue weighted by atomic mass is 35.5. The van der Waals surface area contributed by atoms with Gasteiger partial charge in [0.15, 0.2) is 0 Å². The molecular formula is C18H20ClN. The summed E-state index contributed by atoms with van der Waals surface area (Å²) in [6.45, 7) is 0. The molecule has 1 unspecified atom stereocenters. The standard InChI is InChI=1S/C18H20ClN/c19-16-10-8-14(9-11-16)17(20)18(12-4-5-13-18)15-6-2-1-3-7-15/h1-3,6-11,17H,4-5,12-13,20H2. The molecule has 0 aliphatic heterocycles. The summed E-state index contributed by atoms with van der Waals surface area (Å²) in [5.74, 6) is 0. The molecule has 0 amide bonds. The van der Waals surface area contributed by atoms with Crippen LogP contribution in [0.25, 0.3) is 0 Å². The van der Waals surface area contributed by atoms with Crippen LogP contribution in [0.1, 0.15) is 42.9 Å². The fourth-order valence-corrected chi connectivity index (χ4v) is 3.67. The van der Waals surface area contributed by atoms with Gasteiger partial charge in [-0.2, -0.15) is 0 Å². The van der Waals surface area contributed by atoms with Crippen molar-refractivity contribution >= 4 is 11.6 Å². The van der Waals surface area contributed by atoms with Crippen molar-refractivity contribution in [3.05, 3.63) is 70.7 Å². The zero-order valence-electron chi connectivity index (χ0n) is 11.6. The lowest BCUT2D eigenvalue weighted by molar-refractivity contribution is 0.356. The molecule has 2 heteroatoms. The van der Waals surface area contributed by atoms with Crippen molar-refractivity contribution in [2.24, 2.45) is 5.73 Å². The van der Waals surface area contributed by atoms with E-state index in [4.69, 9.17) is 17.3 Å². The van der Waals surface area contributed by atoms with E-state index in [0.29, 0.717) is 0 Å². The van der Waals surface area contributed by atoms with Crippen LogP contribution < -0.4 is 5.73 Å². The summed E-state index contributed by atoms with van der Waals surface area (Å²) < 4.78 is 0. The van der Waals surface area contributed by atoms with Crippen LogP contribution in [0, 0.1) is 0 Å². The van der Waals surface area contributed by atoms with E-state index in [0.717, 1.165) is 5.02 Å². The molecule has 0 saturated heterocycles. The van der Waals surface area contributed by atoms with E-state index in [9.17, 15) is 0 Å². The molecule has 2 aromatic carbocycles. The van der Waals surface area contributed by atoms with Gasteiger partial charge in [-0.15, -0.1) is 0 Å². The Balaban J connectivity index is 2.00. The lowest BCUT2D eigenvalue weighted by Crippen LogP contribution is -2.36. The zero-order chi connectivity index (χ0) is 14.0. The molecule has 1 nitrogen and oxygen atoms in total. The third kappa shape index (κ3) is 2.36. The highest BCUT2D eigenvalue weighted by Crippen LogP contribution is 2.48. The van der Waals surface area contributed by atoms with Gasteiger partial charge in [-0.1, -0.05) is 66.9 Å². The first-order chi connectivity index (χ1) is 9.72. The van der Waals surface area contributed by atoms with Crippen LogP contribution in [0.15, 0.2) is 54.6 Å². The van der Waals surface area contributed by atoms with Crippen LogP contribution in [0.4, 0.5) is 0 Å². The summed E-state index contributed by atoms with van der Waals surface area (Å²) in [7, 11) is 0. The predicted octanol–water partition coefficient (Wildman–Crippen LogP) is 4.85. The predicted molar refractivity (Wildman–Crippen MR) is 85.0 cm³/mol. The van der Waals surface area contributed by atoms with Crippen molar-refractivity contribution in [2.45, 2.75) is 37.1 Å². The largest absolute Gasteiger partial charge is 0.323 e. The van der Waals surface area contributed by atoms with Crippen LogP contribution >= 0.6 is 11.6 Å². The molecule has 2 aromatic rings. The molecule has 1 aliphatic rings. The van der Waals surface area contributed by atoms with Gasteiger partial charge in [-0.3, -0.25) is 0 Å². The minimum atomic E-state index is 0.0321. The van der Waals surface area contributed by atoms with E-state index in [1.807, 2.05) is 12.1 Å². The first kappa shape index (κ1) is 13.7. The molecule has 1 fully saturated rings. The topological polar surface area (TPSA) is 26.0 Å². The zero-order valence-corrected chi connectivity index (χ0v) is 12.3. The fraction of sp³-hybridized carbons (Fsp3) is 0.333. The fourth-order valence-electron chi connectivity index (χ4n) is 3.54. The Labute approximate surface area is 125 Å². The first-order valence-electron chi connectivity index (χ1n) is 7.29. The minimum absolute atomic E-state index is 0.0321. The van der Waals surface area contributed by atoms with Crippen LogP contribution in [-0.2, 0) is 5.41 Å². The van der Waals surface area contributed by atoms with Gasteiger partial charge in [0.05, 0.1) is 0 Å². The SMILES string of the molecule is NC(c1ccc(Cl)cc1)C1(c2ccccc2)CCCC1. The van der Waals surface area contributed by atoms with E-state index in [1.165, 1.54) is 36.8 Å². The average Bonchev–Trinajstić information content (AvgIpc) is 2.99. The van der Waals surface area contributed by atoms with E-state index in [2.05, 4.69) is 42.5 Å². The Morgan fingerprint density at radius 2 is 1.50 bits per heavy atom. The highest BCUT2D eigenvalue weighted by molar-refractivity contribution is 6.30. The number of rotatable bonds is 3. The van der Waals surface area contributed by atoms with E-state index < -0.39 is 0 Å². The normalized spacial score (nSPS) is 18.9. The summed E-state index contributed by atoms with van der Waals surface area (Å²) in [6.07, 6.45) is 4.86. The lowest BCUT2D eigenvalue weighted by atomic mass is 9.71. The molecule has 1 atom stereocenters. The molecule has 1 saturated carbocycles. The molecule has 0 heterocycles. The number of hydrogen-bond acceptors (Lipinski definition) is 1. The smallest absolute Gasteiger partial charge is 0.0406 e. The molecule has 0 radical (unpaired) electrons. The third-order valence-electron chi connectivity index (χ3n) is 4.67. The van der Waals surface area contributed by atoms with Gasteiger partial charge in [0.25, 0.3) is 0 Å². The molecule has 20 heavy (non-hydrogen) atoms. The van der Waals surface area contributed by atoms with Gasteiger partial charge in [-0.25, -0.2) is 0 Å². The van der Waals surface area contributed by atoms with Crippen LogP contribution in [0.5, 0.6) is 0 Å². The van der Waals surface area contributed by atoms with Crippen molar-refractivity contribution in [3.8, 4) is 0 Å². The number of hydrogen-bond donors (Lipinski definition) is 1. The van der Waals surface area contributed by atoms with E-state index in [-0.39, 0.29) is 11.5 Å². The summed E-state index contributed by atoms with van der Waals surface area (Å²) in [5.41, 5.74) is 9.31. The maximum Gasteiger partial charge on any atom is 0.0406 e. The molecule has 2 N–H and O–H groups in total. The van der Waals surface area contributed by atoms with Crippen LogP contribution in [-0.4, -0.2) is 0 Å². The van der Waals surface area contributed by atoms with Crippen molar-refractivity contribution in [1.82, 2.24) is 0 Å². The molecule has 0 spiro atoms. The van der Waals surface area contributed by atoms with Crippen LogP contribution in [0.2, 0.25) is 5.02 Å². The summed E-state index contributed by atoms with van der Waals surface area (Å²) in [4.78, 5) is 0. The van der Waals surface area contributed by atoms with Crippen molar-refractivity contribution < 1.29 is 0 Å². The Hall–Kier alpha value is -1.31. The lowest BCUT2D eigenvalue weighted by Gasteiger charge is -2.36. The van der Waals surface area contributed by atoms with Gasteiger partial charge >= 0.3 is 0 Å². The Morgan fingerprint density at radius 1 is 0.900 bits per heavy atom. The maximum absolute atomic E-state index is 6.67. The van der Waals surface area contributed by atoms with Crippen molar-refractivity contribution in [2.75, 3.05) is 0 Å². The molecule has 0 bridgehead atoms. The molecule has 104 valence electrons. The number of halogens is 1. The quantitative estimate of drug-likeness (QED) is 0.857. The number of benzene rings is 2. The highest BCUT2D eigenvalue weighted by Gasteiger charge is 2.41. The molecule has 3 rings (SSSR count). The van der Waals surface area contributed by atoms with E-state index in [1.54, 1.807) is 0 Å². The van der Waals surface area contributed by atoms with Crippen molar-refractivity contribution in [1.29, 1.82) is 0 Å². The third-order valence-corrected chi connectivity index (χ3v) is 4.92. The Morgan fingerprint density at radius 3 is 2.10 bits per heavy atom. The number of nitrogens with two attached hydrogens (primary N) is 1. The molecule has 1 aliphatic carbocycles.